The third-order valence-corrected chi connectivity index (χ3v) is 2.12. The molecule has 0 radical (unpaired) electrons. The number of quaternary nitrogens is 1. The minimum Gasteiger partial charge on any atom is -0.381 e. The number of hydrogen-bond donors (Lipinski definition) is 1. The highest BCUT2D eigenvalue weighted by Crippen LogP contribution is 2.01. The summed E-state index contributed by atoms with van der Waals surface area (Å²) in [5, 5.41) is 0. The van der Waals surface area contributed by atoms with E-state index in [4.69, 9.17) is 4.74 Å². The van der Waals surface area contributed by atoms with Gasteiger partial charge in [0.1, 0.15) is 0 Å². The third-order valence-electron chi connectivity index (χ3n) is 2.12. The molecule has 1 heterocycles. The third kappa shape index (κ3) is 1.95. The van der Waals surface area contributed by atoms with E-state index in [2.05, 4.69) is 7.05 Å². The molecule has 0 aromatic rings. The first-order valence-corrected chi connectivity index (χ1v) is 3.67. The molecule has 0 bridgehead atoms. The fraction of sp³-hybridized carbons (Fsp3) is 1.00. The van der Waals surface area contributed by atoms with Crippen molar-refractivity contribution < 1.29 is 9.64 Å². The van der Waals surface area contributed by atoms with E-state index in [0.29, 0.717) is 6.10 Å². The van der Waals surface area contributed by atoms with Gasteiger partial charge in [-0.25, -0.2) is 0 Å². The Bertz CT molecular complexity index is 77.0. The van der Waals surface area contributed by atoms with Gasteiger partial charge < -0.3 is 9.64 Å². The molecule has 0 aliphatic carbocycles. The average Bonchev–Trinajstić information content (AvgIpc) is 1.90. The number of hydrogen-bond acceptors (Lipinski definition) is 1. The van der Waals surface area contributed by atoms with E-state index in [1.807, 2.05) is 7.11 Å². The highest BCUT2D eigenvalue weighted by molar-refractivity contribution is 4.58. The average molecular weight is 130 g/mol. The van der Waals surface area contributed by atoms with Gasteiger partial charge in [-0.2, -0.15) is 0 Å². The zero-order chi connectivity index (χ0) is 6.69. The molecule has 1 N–H and O–H groups in total. The van der Waals surface area contributed by atoms with Crippen molar-refractivity contribution in [2.45, 2.75) is 18.9 Å². The van der Waals surface area contributed by atoms with E-state index in [0.717, 1.165) is 0 Å². The zero-order valence-electron chi connectivity index (χ0n) is 6.31. The highest BCUT2D eigenvalue weighted by atomic mass is 16.5. The molecule has 0 spiro atoms. The molecule has 0 aromatic heterocycles. The molecule has 0 unspecified atom stereocenters. The summed E-state index contributed by atoms with van der Waals surface area (Å²) >= 11 is 0. The molecule has 1 saturated heterocycles. The first-order chi connectivity index (χ1) is 4.33. The monoisotopic (exact) mass is 130 g/mol. The molecule has 2 nitrogen and oxygen atoms in total. The smallest absolute Gasteiger partial charge is 0.0794 e. The van der Waals surface area contributed by atoms with Crippen LogP contribution in [0.25, 0.3) is 0 Å². The molecule has 1 rings (SSSR count). The SMILES string of the molecule is COC1CC[NH+](C)CC1. The van der Waals surface area contributed by atoms with Gasteiger partial charge in [0.2, 0.25) is 0 Å². The van der Waals surface area contributed by atoms with Crippen molar-refractivity contribution in [3.8, 4) is 0 Å². The van der Waals surface area contributed by atoms with Crippen molar-refractivity contribution in [2.24, 2.45) is 0 Å². The quantitative estimate of drug-likeness (QED) is 0.496. The largest absolute Gasteiger partial charge is 0.381 e. The van der Waals surface area contributed by atoms with Gasteiger partial charge in [-0.1, -0.05) is 0 Å². The molecule has 1 fully saturated rings. The molecule has 9 heavy (non-hydrogen) atoms. The van der Waals surface area contributed by atoms with Crippen molar-refractivity contribution in [2.75, 3.05) is 27.2 Å². The molecule has 0 amide bonds. The second-order valence-corrected chi connectivity index (χ2v) is 2.89. The second kappa shape index (κ2) is 3.18. The first-order valence-electron chi connectivity index (χ1n) is 3.67. The zero-order valence-corrected chi connectivity index (χ0v) is 6.31. The molecule has 54 valence electrons. The fourth-order valence-corrected chi connectivity index (χ4v) is 1.32. The van der Waals surface area contributed by atoms with Gasteiger partial charge in [-0.15, -0.1) is 0 Å². The summed E-state index contributed by atoms with van der Waals surface area (Å²) in [6.07, 6.45) is 3.03. The van der Waals surface area contributed by atoms with Crippen molar-refractivity contribution in [1.82, 2.24) is 0 Å². The van der Waals surface area contributed by atoms with E-state index >= 15 is 0 Å². The number of nitrogens with one attached hydrogen (secondary N) is 1. The van der Waals surface area contributed by atoms with Crippen molar-refractivity contribution in [1.29, 1.82) is 0 Å². The van der Waals surface area contributed by atoms with E-state index < -0.39 is 0 Å². The predicted octanol–water partition coefficient (Wildman–Crippen LogP) is -0.690. The lowest BCUT2D eigenvalue weighted by atomic mass is 10.1. The van der Waals surface area contributed by atoms with E-state index in [9.17, 15) is 0 Å². The molecule has 0 saturated carbocycles. The van der Waals surface area contributed by atoms with Gasteiger partial charge in [0.05, 0.1) is 26.2 Å². The summed E-state index contributed by atoms with van der Waals surface area (Å²) in [5.41, 5.74) is 0. The van der Waals surface area contributed by atoms with Crippen LogP contribution in [-0.4, -0.2) is 33.4 Å². The maximum Gasteiger partial charge on any atom is 0.0794 e. The van der Waals surface area contributed by atoms with Crippen LogP contribution in [0.15, 0.2) is 0 Å². The Morgan fingerprint density at radius 3 is 2.33 bits per heavy atom. The van der Waals surface area contributed by atoms with E-state index in [-0.39, 0.29) is 0 Å². The molecule has 2 heteroatoms. The molecule has 0 atom stereocenters. The molecular formula is C7H16NO+. The lowest BCUT2D eigenvalue weighted by molar-refractivity contribution is -0.885. The molecule has 0 aromatic carbocycles. The standard InChI is InChI=1S/C7H15NO/c1-8-5-3-7(9-2)4-6-8/h7H,3-6H2,1-2H3/p+1. The number of rotatable bonds is 1. The Kier molecular flexibility index (Phi) is 2.49. The lowest BCUT2D eigenvalue weighted by Crippen LogP contribution is -3.10. The van der Waals surface area contributed by atoms with Gasteiger partial charge in [0.15, 0.2) is 0 Å². The van der Waals surface area contributed by atoms with Crippen molar-refractivity contribution in [3.05, 3.63) is 0 Å². The minimum atomic E-state index is 0.550. The summed E-state index contributed by atoms with van der Waals surface area (Å²) in [5.74, 6) is 0. The van der Waals surface area contributed by atoms with E-state index in [1.165, 1.54) is 25.9 Å². The molecule has 1 aliphatic rings. The maximum absolute atomic E-state index is 5.23. The summed E-state index contributed by atoms with van der Waals surface area (Å²) < 4.78 is 5.23. The van der Waals surface area contributed by atoms with Crippen molar-refractivity contribution in [3.63, 3.8) is 0 Å². The van der Waals surface area contributed by atoms with Gasteiger partial charge in [-0.3, -0.25) is 0 Å². The molecular weight excluding hydrogens is 114 g/mol. The van der Waals surface area contributed by atoms with Crippen LogP contribution in [0.5, 0.6) is 0 Å². The number of piperidine rings is 1. The van der Waals surface area contributed by atoms with Crippen LogP contribution in [0.1, 0.15) is 12.8 Å². The topological polar surface area (TPSA) is 13.7 Å². The Labute approximate surface area is 56.8 Å². The highest BCUT2D eigenvalue weighted by Gasteiger charge is 2.17. The Balaban J connectivity index is 2.18. The van der Waals surface area contributed by atoms with Crippen LogP contribution in [0.2, 0.25) is 0 Å². The summed E-state index contributed by atoms with van der Waals surface area (Å²) in [6.45, 7) is 2.55. The number of ether oxygens (including phenoxy) is 1. The van der Waals surface area contributed by atoms with Crippen molar-refractivity contribution >= 4 is 0 Å². The Morgan fingerprint density at radius 1 is 1.33 bits per heavy atom. The summed E-state index contributed by atoms with van der Waals surface area (Å²) in [6, 6.07) is 0. The Morgan fingerprint density at radius 2 is 1.89 bits per heavy atom. The van der Waals surface area contributed by atoms with Crippen LogP contribution >= 0.6 is 0 Å². The van der Waals surface area contributed by atoms with E-state index in [1.54, 1.807) is 4.90 Å². The number of methoxy groups -OCH3 is 1. The van der Waals surface area contributed by atoms with Gasteiger partial charge in [0.25, 0.3) is 0 Å². The van der Waals surface area contributed by atoms with Crippen LogP contribution in [0.3, 0.4) is 0 Å². The molecule has 1 aliphatic heterocycles. The number of likely N-dealkylation sites (tertiary alicyclic amines) is 1. The summed E-state index contributed by atoms with van der Waals surface area (Å²) in [4.78, 5) is 1.64. The van der Waals surface area contributed by atoms with Crippen LogP contribution < -0.4 is 4.90 Å². The van der Waals surface area contributed by atoms with Crippen LogP contribution in [0.4, 0.5) is 0 Å². The predicted molar refractivity (Wildman–Crippen MR) is 36.7 cm³/mol. The minimum absolute atomic E-state index is 0.550. The van der Waals surface area contributed by atoms with Gasteiger partial charge in [0, 0.05) is 20.0 Å². The first kappa shape index (κ1) is 7.03. The van der Waals surface area contributed by atoms with Gasteiger partial charge in [-0.05, 0) is 0 Å². The lowest BCUT2D eigenvalue weighted by Gasteiger charge is -2.25. The summed E-state index contributed by atoms with van der Waals surface area (Å²) in [7, 11) is 4.05. The maximum atomic E-state index is 5.23. The van der Waals surface area contributed by atoms with Crippen LogP contribution in [0, 0.1) is 0 Å². The Hall–Kier alpha value is -0.0800. The normalized spacial score (nSPS) is 36.7. The second-order valence-electron chi connectivity index (χ2n) is 2.89. The fourth-order valence-electron chi connectivity index (χ4n) is 1.32. The van der Waals surface area contributed by atoms with Crippen LogP contribution in [-0.2, 0) is 4.74 Å². The van der Waals surface area contributed by atoms with Gasteiger partial charge >= 0.3 is 0 Å².